The zero-order chi connectivity index (χ0) is 20.7. The first-order valence-electron chi connectivity index (χ1n) is 8.65. The molecule has 0 aliphatic rings. The highest BCUT2D eigenvalue weighted by Crippen LogP contribution is 2.32. The number of ether oxygens (including phenoxy) is 3. The summed E-state index contributed by atoms with van der Waals surface area (Å²) in [5.41, 5.74) is 2.03. The van der Waals surface area contributed by atoms with Crippen LogP contribution >= 0.6 is 11.3 Å². The van der Waals surface area contributed by atoms with Crippen molar-refractivity contribution in [2.45, 2.75) is 27.2 Å². The van der Waals surface area contributed by atoms with Gasteiger partial charge in [0.1, 0.15) is 10.8 Å². The first kappa shape index (κ1) is 21.4. The first-order valence-corrected chi connectivity index (χ1v) is 9.47. The SMILES string of the molecule is COC(=O)c1c(NC(=O)COC(=O)CCOc2ccccc2C)sc(C)c1C. The van der Waals surface area contributed by atoms with Crippen LogP contribution in [0, 0.1) is 20.8 Å². The quantitative estimate of drug-likeness (QED) is 0.677. The maximum atomic E-state index is 12.1. The second kappa shape index (κ2) is 9.89. The monoisotopic (exact) mass is 405 g/mol. The number of hydrogen-bond donors (Lipinski definition) is 1. The van der Waals surface area contributed by atoms with Crippen LogP contribution in [0.4, 0.5) is 5.00 Å². The largest absolute Gasteiger partial charge is 0.493 e. The van der Waals surface area contributed by atoms with Gasteiger partial charge in [-0.2, -0.15) is 0 Å². The van der Waals surface area contributed by atoms with Crippen LogP contribution in [-0.4, -0.2) is 38.2 Å². The molecule has 0 saturated carbocycles. The number of carbonyl (C=O) groups excluding carboxylic acids is 3. The number of nitrogens with one attached hydrogen (secondary N) is 1. The number of anilines is 1. The molecule has 1 amide bonds. The molecule has 0 unspecified atom stereocenters. The van der Waals surface area contributed by atoms with Crippen molar-refractivity contribution in [3.8, 4) is 5.75 Å². The van der Waals surface area contributed by atoms with Gasteiger partial charge in [0.15, 0.2) is 6.61 Å². The average molecular weight is 405 g/mol. The van der Waals surface area contributed by atoms with E-state index in [1.54, 1.807) is 6.92 Å². The second-order valence-electron chi connectivity index (χ2n) is 6.05. The van der Waals surface area contributed by atoms with Gasteiger partial charge in [0.25, 0.3) is 5.91 Å². The number of carbonyl (C=O) groups is 3. The van der Waals surface area contributed by atoms with E-state index < -0.39 is 24.5 Å². The molecular weight excluding hydrogens is 382 g/mol. The van der Waals surface area contributed by atoms with E-state index in [0.29, 0.717) is 16.3 Å². The Morgan fingerprint density at radius 3 is 2.50 bits per heavy atom. The van der Waals surface area contributed by atoms with Gasteiger partial charge in [-0.05, 0) is 38.0 Å². The standard InChI is InChI=1S/C20H23NO6S/c1-12-7-5-6-8-15(12)26-10-9-17(23)27-11-16(22)21-19-18(20(24)25-4)13(2)14(3)28-19/h5-8H,9-11H2,1-4H3,(H,21,22). The van der Waals surface area contributed by atoms with Gasteiger partial charge in [0.2, 0.25) is 0 Å². The normalized spacial score (nSPS) is 10.3. The van der Waals surface area contributed by atoms with E-state index >= 15 is 0 Å². The zero-order valence-corrected chi connectivity index (χ0v) is 17.1. The fraction of sp³-hybridized carbons (Fsp3) is 0.350. The summed E-state index contributed by atoms with van der Waals surface area (Å²) in [5.74, 6) is -0.899. The summed E-state index contributed by atoms with van der Waals surface area (Å²) in [7, 11) is 1.28. The van der Waals surface area contributed by atoms with Gasteiger partial charge in [-0.3, -0.25) is 9.59 Å². The molecule has 150 valence electrons. The van der Waals surface area contributed by atoms with Crippen LogP contribution in [0.1, 0.15) is 32.8 Å². The fourth-order valence-corrected chi connectivity index (χ4v) is 3.47. The van der Waals surface area contributed by atoms with Crippen molar-refractivity contribution < 1.29 is 28.6 Å². The third kappa shape index (κ3) is 5.56. The molecule has 0 radical (unpaired) electrons. The molecule has 0 aliphatic heterocycles. The number of thiophene rings is 1. The van der Waals surface area contributed by atoms with Crippen LogP contribution in [-0.2, 0) is 19.1 Å². The van der Waals surface area contributed by atoms with Crippen LogP contribution in [0.2, 0.25) is 0 Å². The number of aryl methyl sites for hydroxylation is 2. The topological polar surface area (TPSA) is 90.9 Å². The summed E-state index contributed by atoms with van der Waals surface area (Å²) in [6, 6.07) is 7.48. The lowest BCUT2D eigenvalue weighted by atomic mass is 10.1. The lowest BCUT2D eigenvalue weighted by molar-refractivity contribution is -0.147. The molecule has 8 heteroatoms. The molecule has 2 aromatic rings. The molecule has 0 atom stereocenters. The van der Waals surface area contributed by atoms with E-state index in [9.17, 15) is 14.4 Å². The Kier molecular flexibility index (Phi) is 7.57. The Labute approximate surface area is 167 Å². The van der Waals surface area contributed by atoms with E-state index in [4.69, 9.17) is 14.2 Å². The minimum absolute atomic E-state index is 0.0201. The van der Waals surface area contributed by atoms with Gasteiger partial charge < -0.3 is 19.5 Å². The Hall–Kier alpha value is -2.87. The van der Waals surface area contributed by atoms with E-state index in [2.05, 4.69) is 5.32 Å². The van der Waals surface area contributed by atoms with Crippen molar-refractivity contribution in [1.82, 2.24) is 0 Å². The van der Waals surface area contributed by atoms with Crippen molar-refractivity contribution in [3.05, 3.63) is 45.8 Å². The maximum absolute atomic E-state index is 12.1. The highest BCUT2D eigenvalue weighted by molar-refractivity contribution is 7.16. The van der Waals surface area contributed by atoms with Crippen molar-refractivity contribution in [3.63, 3.8) is 0 Å². The minimum atomic E-state index is -0.546. The molecule has 0 saturated heterocycles. The summed E-state index contributed by atoms with van der Waals surface area (Å²) >= 11 is 1.27. The van der Waals surface area contributed by atoms with E-state index in [-0.39, 0.29) is 13.0 Å². The van der Waals surface area contributed by atoms with E-state index in [1.807, 2.05) is 38.1 Å². The summed E-state index contributed by atoms with van der Waals surface area (Å²) in [4.78, 5) is 36.7. The molecule has 7 nitrogen and oxygen atoms in total. The molecule has 1 heterocycles. The number of methoxy groups -OCH3 is 1. The predicted octanol–water partition coefficient (Wildman–Crippen LogP) is 3.41. The van der Waals surface area contributed by atoms with Crippen molar-refractivity contribution >= 4 is 34.2 Å². The third-order valence-corrected chi connectivity index (χ3v) is 5.17. The number of rotatable bonds is 8. The predicted molar refractivity (Wildman–Crippen MR) is 106 cm³/mol. The van der Waals surface area contributed by atoms with Gasteiger partial charge in [-0.1, -0.05) is 18.2 Å². The summed E-state index contributed by atoms with van der Waals surface area (Å²) in [6.07, 6.45) is 0.0201. The molecule has 28 heavy (non-hydrogen) atoms. The van der Waals surface area contributed by atoms with Crippen LogP contribution < -0.4 is 10.1 Å². The van der Waals surface area contributed by atoms with Crippen molar-refractivity contribution in [2.75, 3.05) is 25.6 Å². The molecule has 2 rings (SSSR count). The van der Waals surface area contributed by atoms with E-state index in [0.717, 1.165) is 16.0 Å². The van der Waals surface area contributed by atoms with Gasteiger partial charge in [-0.15, -0.1) is 11.3 Å². The van der Waals surface area contributed by atoms with Gasteiger partial charge in [0.05, 0.1) is 25.7 Å². The van der Waals surface area contributed by atoms with Crippen LogP contribution in [0.5, 0.6) is 5.75 Å². The number of esters is 2. The molecule has 0 bridgehead atoms. The lowest BCUT2D eigenvalue weighted by Crippen LogP contribution is -2.22. The Balaban J connectivity index is 1.81. The van der Waals surface area contributed by atoms with Gasteiger partial charge >= 0.3 is 11.9 Å². The molecule has 1 aromatic carbocycles. The third-order valence-electron chi connectivity index (χ3n) is 4.05. The second-order valence-corrected chi connectivity index (χ2v) is 7.28. The van der Waals surface area contributed by atoms with E-state index in [1.165, 1.54) is 18.4 Å². The fourth-order valence-electron chi connectivity index (χ4n) is 2.41. The minimum Gasteiger partial charge on any atom is -0.493 e. The van der Waals surface area contributed by atoms with Crippen LogP contribution in [0.25, 0.3) is 0 Å². The van der Waals surface area contributed by atoms with Gasteiger partial charge in [0, 0.05) is 4.88 Å². The summed E-state index contributed by atoms with van der Waals surface area (Å²) in [5, 5.41) is 2.98. The van der Waals surface area contributed by atoms with Crippen LogP contribution in [0.15, 0.2) is 24.3 Å². The summed E-state index contributed by atoms with van der Waals surface area (Å²) in [6.45, 7) is 5.24. The molecule has 0 spiro atoms. The van der Waals surface area contributed by atoms with Gasteiger partial charge in [-0.25, -0.2) is 4.79 Å². The highest BCUT2D eigenvalue weighted by atomic mass is 32.1. The molecule has 0 fully saturated rings. The molecular formula is C20H23NO6S. The lowest BCUT2D eigenvalue weighted by Gasteiger charge is -2.09. The summed E-state index contributed by atoms with van der Waals surface area (Å²) < 4.78 is 15.3. The Bertz CT molecular complexity index is 874. The average Bonchev–Trinajstić information content (AvgIpc) is 2.94. The highest BCUT2D eigenvalue weighted by Gasteiger charge is 2.21. The number of para-hydroxylation sites is 1. The first-order chi connectivity index (χ1) is 13.3. The Morgan fingerprint density at radius 1 is 1.11 bits per heavy atom. The number of hydrogen-bond acceptors (Lipinski definition) is 7. The molecule has 1 aromatic heterocycles. The number of benzene rings is 1. The van der Waals surface area contributed by atoms with Crippen molar-refractivity contribution in [1.29, 1.82) is 0 Å². The smallest absolute Gasteiger partial charge is 0.341 e. The van der Waals surface area contributed by atoms with Crippen molar-refractivity contribution in [2.24, 2.45) is 0 Å². The Morgan fingerprint density at radius 2 is 1.82 bits per heavy atom. The molecule has 0 aliphatic carbocycles. The molecule has 1 N–H and O–H groups in total. The maximum Gasteiger partial charge on any atom is 0.341 e. The number of amides is 1. The zero-order valence-electron chi connectivity index (χ0n) is 16.3. The van der Waals surface area contributed by atoms with Crippen LogP contribution in [0.3, 0.4) is 0 Å².